The van der Waals surface area contributed by atoms with Gasteiger partial charge >= 0.3 is 0 Å². The number of nitrogens with one attached hydrogen (secondary N) is 1. The second-order valence-electron chi connectivity index (χ2n) is 6.47. The summed E-state index contributed by atoms with van der Waals surface area (Å²) in [5.74, 6) is 0.551. The van der Waals surface area contributed by atoms with Gasteiger partial charge < -0.3 is 5.32 Å². The van der Waals surface area contributed by atoms with Gasteiger partial charge in [-0.1, -0.05) is 29.8 Å². The number of nitrogens with zero attached hydrogens (tertiary/aromatic N) is 1. The van der Waals surface area contributed by atoms with E-state index in [4.69, 9.17) is 11.6 Å². The largest absolute Gasteiger partial charge is 0.352 e. The van der Waals surface area contributed by atoms with Crippen LogP contribution in [0.25, 0.3) is 0 Å². The molecule has 1 aliphatic carbocycles. The molecule has 1 aliphatic heterocycles. The van der Waals surface area contributed by atoms with Crippen molar-refractivity contribution in [2.45, 2.75) is 31.6 Å². The number of sulfonamides is 1. The van der Waals surface area contributed by atoms with Gasteiger partial charge in [0.2, 0.25) is 15.9 Å². The van der Waals surface area contributed by atoms with Crippen LogP contribution >= 0.6 is 11.6 Å². The summed E-state index contributed by atoms with van der Waals surface area (Å²) < 4.78 is 27.0. The summed E-state index contributed by atoms with van der Waals surface area (Å²) in [7, 11) is -3.45. The molecule has 1 aromatic rings. The van der Waals surface area contributed by atoms with Crippen LogP contribution in [0.15, 0.2) is 24.3 Å². The van der Waals surface area contributed by atoms with Crippen molar-refractivity contribution in [3.05, 3.63) is 34.9 Å². The highest BCUT2D eigenvalue weighted by Crippen LogP contribution is 2.42. The van der Waals surface area contributed by atoms with Crippen LogP contribution in [0.1, 0.15) is 25.3 Å². The van der Waals surface area contributed by atoms with Gasteiger partial charge in [-0.05, 0) is 36.3 Å². The third kappa shape index (κ3) is 3.87. The van der Waals surface area contributed by atoms with Crippen molar-refractivity contribution in [1.82, 2.24) is 9.62 Å². The summed E-state index contributed by atoms with van der Waals surface area (Å²) in [6.45, 7) is 2.32. The second kappa shape index (κ2) is 6.42. The Morgan fingerprint density at radius 1 is 1.30 bits per heavy atom. The summed E-state index contributed by atoms with van der Waals surface area (Å²) >= 11 is 6.08. The van der Waals surface area contributed by atoms with Gasteiger partial charge in [0.15, 0.2) is 0 Å². The molecule has 0 spiro atoms. The van der Waals surface area contributed by atoms with E-state index in [9.17, 15) is 13.2 Å². The second-order valence-corrected chi connectivity index (χ2v) is 8.85. The van der Waals surface area contributed by atoms with Gasteiger partial charge in [0.1, 0.15) is 0 Å². The van der Waals surface area contributed by atoms with E-state index in [-0.39, 0.29) is 23.6 Å². The lowest BCUT2D eigenvalue weighted by molar-refractivity contribution is -0.119. The number of halogens is 1. The third-order valence-electron chi connectivity index (χ3n) is 4.64. The molecule has 0 bridgehead atoms. The van der Waals surface area contributed by atoms with E-state index in [0.29, 0.717) is 29.6 Å². The molecular weight excluding hydrogens is 336 g/mol. The van der Waals surface area contributed by atoms with Gasteiger partial charge in [-0.2, -0.15) is 4.31 Å². The van der Waals surface area contributed by atoms with E-state index < -0.39 is 10.0 Å². The molecule has 1 aromatic carbocycles. The zero-order valence-electron chi connectivity index (χ0n) is 13.0. The molecule has 0 radical (unpaired) electrons. The fourth-order valence-corrected chi connectivity index (χ4v) is 5.23. The minimum atomic E-state index is -3.45. The third-order valence-corrected chi connectivity index (χ3v) is 6.77. The topological polar surface area (TPSA) is 66.5 Å². The molecular formula is C16H21ClN2O3S. The maximum absolute atomic E-state index is 12.7. The lowest BCUT2D eigenvalue weighted by Gasteiger charge is -2.18. The van der Waals surface area contributed by atoms with Crippen LogP contribution in [0, 0.1) is 11.8 Å². The molecule has 126 valence electrons. The molecule has 3 rings (SSSR count). The van der Waals surface area contributed by atoms with Crippen LogP contribution in [0.4, 0.5) is 0 Å². The summed E-state index contributed by atoms with van der Waals surface area (Å²) in [4.78, 5) is 11.4. The first-order valence-electron chi connectivity index (χ1n) is 7.85. The van der Waals surface area contributed by atoms with Gasteiger partial charge in [-0.25, -0.2) is 8.42 Å². The van der Waals surface area contributed by atoms with Crippen molar-refractivity contribution < 1.29 is 13.2 Å². The summed E-state index contributed by atoms with van der Waals surface area (Å²) in [6.07, 6.45) is 2.25. The maximum Gasteiger partial charge on any atom is 0.218 e. The van der Waals surface area contributed by atoms with Crippen molar-refractivity contribution in [2.75, 3.05) is 13.1 Å². The molecule has 1 saturated carbocycles. The number of benzene rings is 1. The lowest BCUT2D eigenvalue weighted by Crippen LogP contribution is -2.40. The van der Waals surface area contributed by atoms with E-state index >= 15 is 0 Å². The highest BCUT2D eigenvalue weighted by Gasteiger charge is 2.45. The van der Waals surface area contributed by atoms with E-state index in [2.05, 4.69) is 5.32 Å². The van der Waals surface area contributed by atoms with Gasteiger partial charge in [-0.15, -0.1) is 0 Å². The number of amides is 1. The van der Waals surface area contributed by atoms with Crippen molar-refractivity contribution in [3.8, 4) is 0 Å². The molecule has 1 N–H and O–H groups in total. The number of carbonyl (C=O) groups excluding carboxylic acids is 1. The van der Waals surface area contributed by atoms with Crippen molar-refractivity contribution >= 4 is 27.5 Å². The minimum absolute atomic E-state index is 0.0824. The fraction of sp³-hybridized carbons (Fsp3) is 0.562. The van der Waals surface area contributed by atoms with Gasteiger partial charge in [-0.3, -0.25) is 4.79 Å². The Labute approximate surface area is 142 Å². The van der Waals surface area contributed by atoms with E-state index in [0.717, 1.165) is 12.8 Å². The molecule has 0 unspecified atom stereocenters. The molecule has 1 saturated heterocycles. The molecule has 5 nitrogen and oxygen atoms in total. The zero-order valence-corrected chi connectivity index (χ0v) is 14.6. The molecule has 2 aliphatic rings. The summed E-state index contributed by atoms with van der Waals surface area (Å²) in [5.41, 5.74) is 0.611. The summed E-state index contributed by atoms with van der Waals surface area (Å²) in [6, 6.07) is 6.92. The molecule has 2 atom stereocenters. The SMILES string of the molecule is CC(=O)N[C@H]1CN(S(=O)(=O)Cc2ccccc2Cl)C[C@@H]1C1CC1. The lowest BCUT2D eigenvalue weighted by atomic mass is 9.98. The van der Waals surface area contributed by atoms with E-state index in [1.165, 1.54) is 11.2 Å². The highest BCUT2D eigenvalue weighted by atomic mass is 35.5. The highest BCUT2D eigenvalue weighted by molar-refractivity contribution is 7.88. The maximum atomic E-state index is 12.7. The van der Waals surface area contributed by atoms with Crippen molar-refractivity contribution in [2.24, 2.45) is 11.8 Å². The number of hydrogen-bond acceptors (Lipinski definition) is 3. The number of hydrogen-bond donors (Lipinski definition) is 1. The van der Waals surface area contributed by atoms with Crippen LogP contribution in [0.5, 0.6) is 0 Å². The normalized spacial score (nSPS) is 25.5. The van der Waals surface area contributed by atoms with Crippen LogP contribution in [-0.4, -0.2) is 37.8 Å². The van der Waals surface area contributed by atoms with Crippen molar-refractivity contribution in [1.29, 1.82) is 0 Å². The molecule has 2 fully saturated rings. The summed E-state index contributed by atoms with van der Waals surface area (Å²) in [5, 5.41) is 3.38. The number of carbonyl (C=O) groups is 1. The average molecular weight is 357 g/mol. The molecule has 1 amide bonds. The van der Waals surface area contributed by atoms with Crippen LogP contribution in [0.3, 0.4) is 0 Å². The van der Waals surface area contributed by atoms with Gasteiger partial charge in [0.05, 0.1) is 5.75 Å². The monoisotopic (exact) mass is 356 g/mol. The van der Waals surface area contributed by atoms with Gasteiger partial charge in [0, 0.05) is 31.1 Å². The smallest absolute Gasteiger partial charge is 0.218 e. The molecule has 0 aromatic heterocycles. The molecule has 7 heteroatoms. The van der Waals surface area contributed by atoms with Gasteiger partial charge in [0.25, 0.3) is 0 Å². The number of rotatable bonds is 5. The Bertz CT molecular complexity index is 703. The van der Waals surface area contributed by atoms with Crippen LogP contribution in [-0.2, 0) is 20.6 Å². The predicted molar refractivity (Wildman–Crippen MR) is 89.5 cm³/mol. The first-order chi connectivity index (χ1) is 10.9. The standard InChI is InChI=1S/C16H21ClN2O3S/c1-11(20)18-16-9-19(8-14(16)12-6-7-12)23(21,22)10-13-4-2-3-5-15(13)17/h2-5,12,14,16H,6-10H2,1H3,(H,18,20)/t14-,16+/m1/s1. The minimum Gasteiger partial charge on any atom is -0.352 e. The molecule has 23 heavy (non-hydrogen) atoms. The first kappa shape index (κ1) is 16.7. The quantitative estimate of drug-likeness (QED) is 0.877. The van der Waals surface area contributed by atoms with Crippen LogP contribution < -0.4 is 5.32 Å². The van der Waals surface area contributed by atoms with Crippen molar-refractivity contribution in [3.63, 3.8) is 0 Å². The Morgan fingerprint density at radius 3 is 2.61 bits per heavy atom. The Morgan fingerprint density at radius 2 is 2.00 bits per heavy atom. The molecule has 1 heterocycles. The first-order valence-corrected chi connectivity index (χ1v) is 9.84. The average Bonchev–Trinajstić information content (AvgIpc) is 3.22. The fourth-order valence-electron chi connectivity index (χ4n) is 3.34. The predicted octanol–water partition coefficient (Wildman–Crippen LogP) is 2.02. The Hall–Kier alpha value is -1.11. The van der Waals surface area contributed by atoms with Crippen LogP contribution in [0.2, 0.25) is 5.02 Å². The Kier molecular flexibility index (Phi) is 4.67. The van der Waals surface area contributed by atoms with E-state index in [1.807, 2.05) is 0 Å². The van der Waals surface area contributed by atoms with E-state index in [1.54, 1.807) is 24.3 Å². The zero-order chi connectivity index (χ0) is 16.6. The Balaban J connectivity index is 1.75.